The van der Waals surface area contributed by atoms with Crippen molar-refractivity contribution in [1.82, 2.24) is 0 Å². The van der Waals surface area contributed by atoms with Crippen LogP contribution in [0.3, 0.4) is 0 Å². The Hall–Kier alpha value is -2.62. The minimum Gasteiger partial charge on any atom is -0.507 e. The number of para-hydroxylation sites is 2. The third-order valence-corrected chi connectivity index (χ3v) is 4.16. The minimum absolute atomic E-state index is 0.279. The number of phenols is 2. The van der Waals surface area contributed by atoms with E-state index in [0.717, 1.165) is 37.1 Å². The summed E-state index contributed by atoms with van der Waals surface area (Å²) in [5, 5.41) is 19.3. The van der Waals surface area contributed by atoms with Crippen LogP contribution >= 0.6 is 0 Å². The van der Waals surface area contributed by atoms with E-state index in [1.807, 2.05) is 36.4 Å². The van der Waals surface area contributed by atoms with E-state index in [-0.39, 0.29) is 11.5 Å². The predicted molar refractivity (Wildman–Crippen MR) is 109 cm³/mol. The smallest absolute Gasteiger partial charge is 0.124 e. The van der Waals surface area contributed by atoms with Gasteiger partial charge in [-0.05, 0) is 37.1 Å². The number of aromatic hydroxyl groups is 2. The third kappa shape index (κ3) is 7.51. The summed E-state index contributed by atoms with van der Waals surface area (Å²) < 4.78 is 0. The van der Waals surface area contributed by atoms with Gasteiger partial charge in [0.15, 0.2) is 0 Å². The summed E-state index contributed by atoms with van der Waals surface area (Å²) in [5.74, 6) is 0.558. The second-order valence-corrected chi connectivity index (χ2v) is 6.31. The quantitative estimate of drug-likeness (QED) is 0.442. The molecule has 0 spiro atoms. The zero-order valence-corrected chi connectivity index (χ0v) is 15.2. The molecular formula is C22H28N2O2. The van der Waals surface area contributed by atoms with Gasteiger partial charge < -0.3 is 10.2 Å². The van der Waals surface area contributed by atoms with Crippen molar-refractivity contribution in [1.29, 1.82) is 0 Å². The summed E-state index contributed by atoms with van der Waals surface area (Å²) in [6.45, 7) is 1.61. The van der Waals surface area contributed by atoms with Crippen LogP contribution in [0, 0.1) is 0 Å². The molecule has 2 N–H and O–H groups in total. The molecule has 0 fully saturated rings. The van der Waals surface area contributed by atoms with Crippen molar-refractivity contribution >= 4 is 12.4 Å². The topological polar surface area (TPSA) is 65.2 Å². The first-order valence-electron chi connectivity index (χ1n) is 9.33. The average Bonchev–Trinajstić information content (AvgIpc) is 2.65. The van der Waals surface area contributed by atoms with Crippen LogP contribution in [0.15, 0.2) is 58.5 Å². The molecule has 2 aromatic rings. The molecule has 0 bridgehead atoms. The van der Waals surface area contributed by atoms with Crippen LogP contribution < -0.4 is 0 Å². The maximum absolute atomic E-state index is 9.64. The Labute approximate surface area is 156 Å². The average molecular weight is 352 g/mol. The number of unbranched alkanes of at least 4 members (excludes halogenated alkanes) is 5. The van der Waals surface area contributed by atoms with Crippen LogP contribution in [-0.2, 0) is 0 Å². The van der Waals surface area contributed by atoms with Crippen LogP contribution in [0.2, 0.25) is 0 Å². The second-order valence-electron chi connectivity index (χ2n) is 6.31. The van der Waals surface area contributed by atoms with Gasteiger partial charge in [-0.15, -0.1) is 0 Å². The van der Waals surface area contributed by atoms with Crippen LogP contribution in [0.5, 0.6) is 11.5 Å². The highest BCUT2D eigenvalue weighted by atomic mass is 16.3. The first kappa shape index (κ1) is 19.7. The molecule has 0 saturated carbocycles. The molecule has 0 amide bonds. The molecule has 0 aliphatic carbocycles. The van der Waals surface area contributed by atoms with Crippen LogP contribution in [-0.4, -0.2) is 35.7 Å². The highest BCUT2D eigenvalue weighted by Gasteiger charge is 1.96. The SMILES string of the molecule is Oc1ccccc1/C=N/CCCCCCCC/N=C/c1ccccc1O. The van der Waals surface area contributed by atoms with Crippen molar-refractivity contribution in [2.45, 2.75) is 38.5 Å². The standard InChI is InChI=1S/C22H28N2O2/c25-21-13-7-5-11-19(21)17-23-15-9-3-1-2-4-10-16-24-18-20-12-6-8-14-22(20)26/h5-8,11-14,17-18,25-26H,1-4,9-10,15-16H2/b23-17+,24-18+. The maximum Gasteiger partial charge on any atom is 0.124 e. The molecule has 2 rings (SSSR count). The number of nitrogens with zero attached hydrogens (tertiary/aromatic N) is 2. The Kier molecular flexibility index (Phi) is 8.98. The Balaban J connectivity index is 1.46. The van der Waals surface area contributed by atoms with Crippen molar-refractivity contribution in [3.05, 3.63) is 59.7 Å². The zero-order chi connectivity index (χ0) is 18.5. The lowest BCUT2D eigenvalue weighted by Gasteiger charge is -2.00. The van der Waals surface area contributed by atoms with E-state index in [1.165, 1.54) is 25.7 Å². The molecule has 2 aromatic carbocycles. The fourth-order valence-corrected chi connectivity index (χ4v) is 2.63. The van der Waals surface area contributed by atoms with Gasteiger partial charge in [-0.1, -0.05) is 49.9 Å². The van der Waals surface area contributed by atoms with Crippen molar-refractivity contribution in [3.8, 4) is 11.5 Å². The second kappa shape index (κ2) is 11.9. The number of phenolic OH excluding ortho intramolecular Hbond substituents is 2. The van der Waals surface area contributed by atoms with Gasteiger partial charge in [0.05, 0.1) is 0 Å². The lowest BCUT2D eigenvalue weighted by Crippen LogP contribution is -1.88. The molecule has 0 aliphatic heterocycles. The van der Waals surface area contributed by atoms with Gasteiger partial charge in [-0.2, -0.15) is 0 Å². The Bertz CT molecular complexity index is 649. The Morgan fingerprint density at radius 1 is 0.577 bits per heavy atom. The molecule has 0 aromatic heterocycles. The van der Waals surface area contributed by atoms with Crippen molar-refractivity contribution < 1.29 is 10.2 Å². The summed E-state index contributed by atoms with van der Waals surface area (Å²) in [4.78, 5) is 8.74. The normalized spacial score (nSPS) is 11.5. The van der Waals surface area contributed by atoms with Gasteiger partial charge in [0.2, 0.25) is 0 Å². The van der Waals surface area contributed by atoms with Gasteiger partial charge in [0.1, 0.15) is 11.5 Å². The lowest BCUT2D eigenvalue weighted by atomic mass is 10.1. The predicted octanol–water partition coefficient (Wildman–Crippen LogP) is 4.98. The van der Waals surface area contributed by atoms with E-state index in [0.29, 0.717) is 0 Å². The fraction of sp³-hybridized carbons (Fsp3) is 0.364. The largest absolute Gasteiger partial charge is 0.507 e. The van der Waals surface area contributed by atoms with E-state index in [4.69, 9.17) is 0 Å². The first-order valence-corrected chi connectivity index (χ1v) is 9.33. The molecule has 0 aliphatic rings. The summed E-state index contributed by atoms with van der Waals surface area (Å²) in [7, 11) is 0. The number of benzene rings is 2. The molecule has 0 atom stereocenters. The molecule has 0 radical (unpaired) electrons. The fourth-order valence-electron chi connectivity index (χ4n) is 2.63. The molecule has 4 heteroatoms. The van der Waals surface area contributed by atoms with Crippen LogP contribution in [0.25, 0.3) is 0 Å². The highest BCUT2D eigenvalue weighted by molar-refractivity contribution is 5.83. The van der Waals surface area contributed by atoms with Gasteiger partial charge in [-0.3, -0.25) is 9.98 Å². The van der Waals surface area contributed by atoms with Gasteiger partial charge >= 0.3 is 0 Å². The molecule has 26 heavy (non-hydrogen) atoms. The van der Waals surface area contributed by atoms with Crippen LogP contribution in [0.1, 0.15) is 49.7 Å². The zero-order valence-electron chi connectivity index (χ0n) is 15.2. The lowest BCUT2D eigenvalue weighted by molar-refractivity contribution is 0.474. The molecule has 138 valence electrons. The van der Waals surface area contributed by atoms with Gasteiger partial charge in [-0.25, -0.2) is 0 Å². The van der Waals surface area contributed by atoms with E-state index < -0.39 is 0 Å². The summed E-state index contributed by atoms with van der Waals surface area (Å²) in [6.07, 6.45) is 10.4. The molecule has 0 saturated heterocycles. The maximum atomic E-state index is 9.64. The first-order chi connectivity index (χ1) is 12.8. The van der Waals surface area contributed by atoms with E-state index >= 15 is 0 Å². The van der Waals surface area contributed by atoms with Crippen molar-refractivity contribution in [3.63, 3.8) is 0 Å². The number of hydrogen-bond acceptors (Lipinski definition) is 4. The highest BCUT2D eigenvalue weighted by Crippen LogP contribution is 2.14. The number of aliphatic imine (C=N–C) groups is 2. The van der Waals surface area contributed by atoms with E-state index in [9.17, 15) is 10.2 Å². The van der Waals surface area contributed by atoms with Crippen molar-refractivity contribution in [2.75, 3.05) is 13.1 Å². The Morgan fingerprint density at radius 2 is 0.962 bits per heavy atom. The number of rotatable bonds is 11. The summed E-state index contributed by atoms with van der Waals surface area (Å²) in [5.41, 5.74) is 1.55. The van der Waals surface area contributed by atoms with E-state index in [2.05, 4.69) is 9.98 Å². The summed E-state index contributed by atoms with van der Waals surface area (Å²) in [6, 6.07) is 14.5. The number of hydrogen-bond donors (Lipinski definition) is 2. The van der Waals surface area contributed by atoms with Crippen molar-refractivity contribution in [2.24, 2.45) is 9.98 Å². The van der Waals surface area contributed by atoms with Gasteiger partial charge in [0, 0.05) is 36.6 Å². The molecule has 0 unspecified atom stereocenters. The van der Waals surface area contributed by atoms with Crippen LogP contribution in [0.4, 0.5) is 0 Å². The van der Waals surface area contributed by atoms with E-state index in [1.54, 1.807) is 24.6 Å². The van der Waals surface area contributed by atoms with Gasteiger partial charge in [0.25, 0.3) is 0 Å². The molecule has 0 heterocycles. The molecular weight excluding hydrogens is 324 g/mol. The Morgan fingerprint density at radius 3 is 1.38 bits per heavy atom. The minimum atomic E-state index is 0.279. The molecule has 4 nitrogen and oxygen atoms in total. The summed E-state index contributed by atoms with van der Waals surface area (Å²) >= 11 is 0. The third-order valence-electron chi connectivity index (χ3n) is 4.16. The monoisotopic (exact) mass is 352 g/mol.